The molecule has 2 amide bonds. The molecule has 1 saturated heterocycles. The zero-order valence-electron chi connectivity index (χ0n) is 17.9. The third-order valence-corrected chi connectivity index (χ3v) is 5.81. The lowest BCUT2D eigenvalue weighted by molar-refractivity contribution is -0.140. The predicted molar refractivity (Wildman–Crippen MR) is 114 cm³/mol. The summed E-state index contributed by atoms with van der Waals surface area (Å²) in [5.74, 6) is 0.393. The van der Waals surface area contributed by atoms with Crippen LogP contribution >= 0.6 is 0 Å². The maximum absolute atomic E-state index is 12.5. The topological polar surface area (TPSA) is 101 Å². The van der Waals surface area contributed by atoms with Crippen molar-refractivity contribution in [2.45, 2.75) is 57.5 Å². The van der Waals surface area contributed by atoms with Crippen LogP contribution in [0.3, 0.4) is 0 Å². The summed E-state index contributed by atoms with van der Waals surface area (Å²) in [6.45, 7) is 3.48. The van der Waals surface area contributed by atoms with Crippen LogP contribution < -0.4 is 10.6 Å². The fourth-order valence-electron chi connectivity index (χ4n) is 4.33. The van der Waals surface area contributed by atoms with Crippen LogP contribution in [-0.2, 0) is 40.4 Å². The molecule has 2 aliphatic rings. The molecule has 0 saturated carbocycles. The van der Waals surface area contributed by atoms with Gasteiger partial charge in [0.25, 0.3) is 0 Å². The van der Waals surface area contributed by atoms with Gasteiger partial charge >= 0.3 is 11.8 Å². The lowest BCUT2D eigenvalue weighted by Crippen LogP contribution is -2.53. The van der Waals surface area contributed by atoms with Crippen molar-refractivity contribution in [1.29, 1.82) is 0 Å². The molecule has 0 spiro atoms. The first kappa shape index (κ1) is 21.5. The number of likely N-dealkylation sites (tertiary alicyclic amines) is 1. The molecule has 1 aromatic carbocycles. The second kappa shape index (κ2) is 10.0. The Bertz CT molecular complexity index is 900. The molecule has 0 radical (unpaired) electrons. The molecule has 2 N–H and O–H groups in total. The monoisotopic (exact) mass is 426 g/mol. The molecular weight excluding hydrogens is 396 g/mol. The number of amides is 2. The Kier molecular flexibility index (Phi) is 6.93. The molecule has 0 bridgehead atoms. The molecule has 9 nitrogen and oxygen atoms in total. The smallest absolute Gasteiger partial charge is 0.309 e. The second-order valence-electron chi connectivity index (χ2n) is 8.30. The normalized spacial score (nSPS) is 21.3. The lowest BCUT2D eigenvalue weighted by atomic mass is 10.0. The fraction of sp³-hybridized carbons (Fsp3) is 0.545. The number of methoxy groups -OCH3 is 1. The molecule has 1 aromatic heterocycles. The van der Waals surface area contributed by atoms with Crippen molar-refractivity contribution >= 4 is 11.8 Å². The van der Waals surface area contributed by atoms with E-state index in [1.807, 2.05) is 18.2 Å². The van der Waals surface area contributed by atoms with Crippen molar-refractivity contribution in [2.24, 2.45) is 0 Å². The highest BCUT2D eigenvalue weighted by atomic mass is 16.5. The summed E-state index contributed by atoms with van der Waals surface area (Å²) in [6, 6.07) is 10.2. The number of rotatable bonds is 6. The minimum Gasteiger partial charge on any atom is -0.377 e. The second-order valence-corrected chi connectivity index (χ2v) is 8.30. The van der Waals surface area contributed by atoms with Crippen LogP contribution in [0.15, 0.2) is 30.3 Å². The predicted octanol–water partition coefficient (Wildman–Crippen LogP) is 0.636. The number of ether oxygens (including phenoxy) is 1. The van der Waals surface area contributed by atoms with Crippen molar-refractivity contribution in [3.8, 4) is 0 Å². The molecule has 0 aliphatic carbocycles. The number of carbonyl (C=O) groups is 2. The average molecular weight is 427 g/mol. The van der Waals surface area contributed by atoms with Gasteiger partial charge in [0.1, 0.15) is 12.4 Å². The Morgan fingerprint density at radius 1 is 1.10 bits per heavy atom. The summed E-state index contributed by atoms with van der Waals surface area (Å²) < 4.78 is 6.87. The molecule has 4 rings (SSSR count). The number of fused-ring (bicyclic) bond motifs is 1. The summed E-state index contributed by atoms with van der Waals surface area (Å²) in [5.41, 5.74) is 1.26. The summed E-state index contributed by atoms with van der Waals surface area (Å²) in [6.07, 6.45) is 3.33. The highest BCUT2D eigenvalue weighted by Crippen LogP contribution is 2.15. The maximum atomic E-state index is 12.5. The number of nitrogens with one attached hydrogen (secondary N) is 2. The molecule has 2 aromatic rings. The van der Waals surface area contributed by atoms with Crippen molar-refractivity contribution in [2.75, 3.05) is 20.2 Å². The van der Waals surface area contributed by atoms with Gasteiger partial charge in [-0.2, -0.15) is 5.10 Å². The van der Waals surface area contributed by atoms with Crippen LogP contribution in [0.4, 0.5) is 0 Å². The van der Waals surface area contributed by atoms with Gasteiger partial charge in [0.15, 0.2) is 5.82 Å². The van der Waals surface area contributed by atoms with Gasteiger partial charge in [-0.05, 0) is 31.4 Å². The highest BCUT2D eigenvalue weighted by molar-refractivity contribution is 6.35. The number of aromatic nitrogens is 3. The largest absolute Gasteiger partial charge is 0.377 e. The number of carbonyl (C=O) groups excluding carboxylic acids is 2. The van der Waals surface area contributed by atoms with E-state index in [0.29, 0.717) is 25.4 Å². The van der Waals surface area contributed by atoms with E-state index in [-0.39, 0.29) is 12.1 Å². The summed E-state index contributed by atoms with van der Waals surface area (Å²) >= 11 is 0. The van der Waals surface area contributed by atoms with Gasteiger partial charge in [0, 0.05) is 38.7 Å². The molecule has 1 fully saturated rings. The number of piperidine rings is 1. The van der Waals surface area contributed by atoms with E-state index in [4.69, 9.17) is 4.74 Å². The summed E-state index contributed by atoms with van der Waals surface area (Å²) in [7, 11) is 1.61. The molecule has 2 unspecified atom stereocenters. The van der Waals surface area contributed by atoms with Crippen LogP contribution in [-0.4, -0.2) is 63.8 Å². The number of nitrogens with zero attached hydrogens (tertiary/aromatic N) is 4. The number of aryl methyl sites for hydroxylation is 1. The Labute approximate surface area is 182 Å². The zero-order valence-corrected chi connectivity index (χ0v) is 17.9. The minimum absolute atomic E-state index is 0.0133. The van der Waals surface area contributed by atoms with Crippen molar-refractivity contribution in [3.05, 3.63) is 47.5 Å². The maximum Gasteiger partial charge on any atom is 0.309 e. The van der Waals surface area contributed by atoms with E-state index < -0.39 is 11.8 Å². The number of benzene rings is 1. The quantitative estimate of drug-likeness (QED) is 0.658. The van der Waals surface area contributed by atoms with Crippen LogP contribution in [0.25, 0.3) is 0 Å². The first-order valence-electron chi connectivity index (χ1n) is 10.9. The van der Waals surface area contributed by atoms with Gasteiger partial charge in [0.2, 0.25) is 0 Å². The van der Waals surface area contributed by atoms with E-state index in [2.05, 4.69) is 37.7 Å². The Hall–Kier alpha value is -2.78. The van der Waals surface area contributed by atoms with Crippen molar-refractivity contribution in [3.63, 3.8) is 0 Å². The fourth-order valence-corrected chi connectivity index (χ4v) is 4.33. The first-order chi connectivity index (χ1) is 15.1. The van der Waals surface area contributed by atoms with E-state index in [1.165, 1.54) is 5.56 Å². The Balaban J connectivity index is 1.25. The SMILES string of the molecule is COCc1nc2n(n1)CC(NC(=O)C(=O)NC1CCCN(Cc3ccccc3)C1)CC2. The number of hydrogen-bond donors (Lipinski definition) is 2. The third-order valence-electron chi connectivity index (χ3n) is 5.81. The molecule has 31 heavy (non-hydrogen) atoms. The lowest BCUT2D eigenvalue weighted by Gasteiger charge is -2.33. The zero-order chi connectivity index (χ0) is 21.6. The molecule has 2 atom stereocenters. The van der Waals surface area contributed by atoms with E-state index in [0.717, 1.165) is 44.7 Å². The minimum atomic E-state index is -0.578. The van der Waals surface area contributed by atoms with Crippen LogP contribution in [0.5, 0.6) is 0 Å². The number of hydrogen-bond acceptors (Lipinski definition) is 6. The molecule has 166 valence electrons. The van der Waals surface area contributed by atoms with Crippen LogP contribution in [0.1, 0.15) is 36.5 Å². The van der Waals surface area contributed by atoms with Gasteiger partial charge in [0.05, 0.1) is 6.54 Å². The van der Waals surface area contributed by atoms with Crippen molar-refractivity contribution in [1.82, 2.24) is 30.3 Å². The molecule has 2 aliphatic heterocycles. The van der Waals surface area contributed by atoms with E-state index >= 15 is 0 Å². The first-order valence-corrected chi connectivity index (χ1v) is 10.9. The van der Waals surface area contributed by atoms with E-state index in [1.54, 1.807) is 11.8 Å². The van der Waals surface area contributed by atoms with Gasteiger partial charge in [-0.1, -0.05) is 30.3 Å². The Morgan fingerprint density at radius 2 is 1.84 bits per heavy atom. The van der Waals surface area contributed by atoms with Gasteiger partial charge in [-0.15, -0.1) is 0 Å². The highest BCUT2D eigenvalue weighted by Gasteiger charge is 2.27. The molecule has 3 heterocycles. The van der Waals surface area contributed by atoms with Gasteiger partial charge in [-0.25, -0.2) is 9.67 Å². The van der Waals surface area contributed by atoms with Crippen molar-refractivity contribution < 1.29 is 14.3 Å². The summed E-state index contributed by atoms with van der Waals surface area (Å²) in [4.78, 5) is 31.7. The Morgan fingerprint density at radius 3 is 2.58 bits per heavy atom. The average Bonchev–Trinajstić information content (AvgIpc) is 3.16. The standard InChI is InChI=1S/C22H30N6O3/c1-31-15-19-25-20-10-9-18(14-28(20)26-19)24-22(30)21(29)23-17-8-5-11-27(13-17)12-16-6-3-2-4-7-16/h2-4,6-7,17-18H,5,8-15H2,1H3,(H,23,29)(H,24,30). The molecular formula is C22H30N6O3. The summed E-state index contributed by atoms with van der Waals surface area (Å²) in [5, 5.41) is 10.2. The molecule has 9 heteroatoms. The van der Waals surface area contributed by atoms with Crippen LogP contribution in [0, 0.1) is 0 Å². The third kappa shape index (κ3) is 5.68. The van der Waals surface area contributed by atoms with Gasteiger partial charge < -0.3 is 15.4 Å². The van der Waals surface area contributed by atoms with Crippen LogP contribution in [0.2, 0.25) is 0 Å². The van der Waals surface area contributed by atoms with Gasteiger partial charge in [-0.3, -0.25) is 14.5 Å². The van der Waals surface area contributed by atoms with E-state index in [9.17, 15) is 9.59 Å².